The predicted octanol–water partition coefficient (Wildman–Crippen LogP) is 2.17. The van der Waals surface area contributed by atoms with Crippen LogP contribution in [0.3, 0.4) is 0 Å². The fraction of sp³-hybridized carbons (Fsp3) is 0.364. The van der Waals surface area contributed by atoms with Crippen molar-refractivity contribution in [1.82, 2.24) is 5.32 Å². The molecule has 2 rings (SSSR count). The van der Waals surface area contributed by atoms with Gasteiger partial charge in [-0.1, -0.05) is 23.7 Å². The molecule has 0 unspecified atom stereocenters. The summed E-state index contributed by atoms with van der Waals surface area (Å²) in [5.41, 5.74) is 1.16. The van der Waals surface area contributed by atoms with E-state index in [1.54, 1.807) is 0 Å². The first-order chi connectivity index (χ1) is 6.81. The Bertz CT molecular complexity index is 370. The van der Waals surface area contributed by atoms with Gasteiger partial charge in [-0.25, -0.2) is 0 Å². The van der Waals surface area contributed by atoms with E-state index in [1.807, 2.05) is 24.3 Å². The number of nitrogens with zero attached hydrogens (tertiary/aromatic N) is 1. The summed E-state index contributed by atoms with van der Waals surface area (Å²) in [6, 6.07) is 10.1. The van der Waals surface area contributed by atoms with Crippen LogP contribution in [-0.2, 0) is 0 Å². The van der Waals surface area contributed by atoms with Crippen LogP contribution in [0.2, 0.25) is 5.02 Å². The van der Waals surface area contributed by atoms with Crippen molar-refractivity contribution < 1.29 is 0 Å². The van der Waals surface area contributed by atoms with Crippen molar-refractivity contribution in [2.24, 2.45) is 5.92 Å². The number of rotatable bonds is 1. The lowest BCUT2D eigenvalue weighted by atomic mass is 9.90. The van der Waals surface area contributed by atoms with Gasteiger partial charge in [0.25, 0.3) is 0 Å². The van der Waals surface area contributed by atoms with E-state index in [9.17, 15) is 0 Å². The highest BCUT2D eigenvalue weighted by molar-refractivity contribution is 6.30. The van der Waals surface area contributed by atoms with Crippen LogP contribution in [0.25, 0.3) is 0 Å². The van der Waals surface area contributed by atoms with Gasteiger partial charge < -0.3 is 5.32 Å². The van der Waals surface area contributed by atoms with Crippen molar-refractivity contribution in [1.29, 1.82) is 5.26 Å². The van der Waals surface area contributed by atoms with Gasteiger partial charge in [0.15, 0.2) is 0 Å². The third-order valence-electron chi connectivity index (χ3n) is 2.66. The Hall–Kier alpha value is -1.04. The molecule has 0 bridgehead atoms. The van der Waals surface area contributed by atoms with Crippen molar-refractivity contribution in [3.8, 4) is 6.07 Å². The molecule has 1 aromatic rings. The van der Waals surface area contributed by atoms with Crippen LogP contribution in [0, 0.1) is 17.2 Å². The van der Waals surface area contributed by atoms with Gasteiger partial charge in [0.05, 0.1) is 12.0 Å². The van der Waals surface area contributed by atoms with Crippen LogP contribution >= 0.6 is 11.6 Å². The third-order valence-corrected chi connectivity index (χ3v) is 2.89. The van der Waals surface area contributed by atoms with Crippen molar-refractivity contribution in [3.05, 3.63) is 34.9 Å². The molecule has 0 aliphatic carbocycles. The standard InChI is InChI=1S/C11H11ClN2/c12-10-3-1-2-8(4-10)11-7-14-6-9(11)5-13/h1-4,9,11,14H,6-7H2/t9-,11+/m0/s1. The van der Waals surface area contributed by atoms with Crippen LogP contribution < -0.4 is 5.32 Å². The summed E-state index contributed by atoms with van der Waals surface area (Å²) < 4.78 is 0. The summed E-state index contributed by atoms with van der Waals surface area (Å²) in [4.78, 5) is 0. The number of nitriles is 1. The maximum absolute atomic E-state index is 8.94. The molecule has 0 saturated carbocycles. The van der Waals surface area contributed by atoms with Gasteiger partial charge in [0.2, 0.25) is 0 Å². The smallest absolute Gasteiger partial charge is 0.0676 e. The lowest BCUT2D eigenvalue weighted by Crippen LogP contribution is -2.08. The van der Waals surface area contributed by atoms with E-state index in [-0.39, 0.29) is 5.92 Å². The zero-order valence-electron chi connectivity index (χ0n) is 7.70. The molecule has 1 aliphatic heterocycles. The summed E-state index contributed by atoms with van der Waals surface area (Å²) in [5, 5.41) is 12.9. The van der Waals surface area contributed by atoms with E-state index in [1.165, 1.54) is 0 Å². The van der Waals surface area contributed by atoms with E-state index in [0.29, 0.717) is 5.92 Å². The lowest BCUT2D eigenvalue weighted by Gasteiger charge is -2.12. The van der Waals surface area contributed by atoms with Crippen LogP contribution in [0.15, 0.2) is 24.3 Å². The van der Waals surface area contributed by atoms with E-state index in [0.717, 1.165) is 23.7 Å². The minimum absolute atomic E-state index is 0.0773. The SMILES string of the molecule is N#C[C@H]1CNC[C@@H]1c1cccc(Cl)c1. The van der Waals surface area contributed by atoms with Crippen molar-refractivity contribution in [3.63, 3.8) is 0 Å². The van der Waals surface area contributed by atoms with Gasteiger partial charge in [-0.3, -0.25) is 0 Å². The number of hydrogen-bond acceptors (Lipinski definition) is 2. The number of hydrogen-bond donors (Lipinski definition) is 1. The zero-order valence-corrected chi connectivity index (χ0v) is 8.46. The van der Waals surface area contributed by atoms with E-state index in [2.05, 4.69) is 11.4 Å². The van der Waals surface area contributed by atoms with Gasteiger partial charge >= 0.3 is 0 Å². The molecule has 0 spiro atoms. The highest BCUT2D eigenvalue weighted by Crippen LogP contribution is 2.28. The van der Waals surface area contributed by atoms with Gasteiger partial charge in [0.1, 0.15) is 0 Å². The van der Waals surface area contributed by atoms with Crippen LogP contribution in [0.1, 0.15) is 11.5 Å². The molecule has 1 saturated heterocycles. The normalized spacial score (nSPS) is 26.0. The summed E-state index contributed by atoms with van der Waals surface area (Å²) in [7, 11) is 0. The summed E-state index contributed by atoms with van der Waals surface area (Å²) in [5.74, 6) is 0.368. The topological polar surface area (TPSA) is 35.8 Å². The Morgan fingerprint density at radius 2 is 2.29 bits per heavy atom. The van der Waals surface area contributed by atoms with Gasteiger partial charge in [-0.05, 0) is 17.7 Å². The molecule has 72 valence electrons. The van der Waals surface area contributed by atoms with Gasteiger partial charge in [-0.2, -0.15) is 5.26 Å². The summed E-state index contributed by atoms with van der Waals surface area (Å²) in [6.45, 7) is 1.66. The Morgan fingerprint density at radius 1 is 1.43 bits per heavy atom. The van der Waals surface area contributed by atoms with Gasteiger partial charge in [-0.15, -0.1) is 0 Å². The van der Waals surface area contributed by atoms with Crippen LogP contribution in [0.4, 0.5) is 0 Å². The molecule has 2 atom stereocenters. The maximum atomic E-state index is 8.94. The molecule has 14 heavy (non-hydrogen) atoms. The van der Waals surface area contributed by atoms with E-state index < -0.39 is 0 Å². The van der Waals surface area contributed by atoms with Crippen molar-refractivity contribution >= 4 is 11.6 Å². The van der Waals surface area contributed by atoms with Crippen LogP contribution in [-0.4, -0.2) is 13.1 Å². The molecule has 2 nitrogen and oxygen atoms in total. The highest BCUT2D eigenvalue weighted by atomic mass is 35.5. The van der Waals surface area contributed by atoms with Crippen molar-refractivity contribution in [2.45, 2.75) is 5.92 Å². The zero-order chi connectivity index (χ0) is 9.97. The summed E-state index contributed by atoms with van der Waals surface area (Å²) in [6.07, 6.45) is 0. The largest absolute Gasteiger partial charge is 0.315 e. The first kappa shape index (κ1) is 9.51. The molecule has 3 heteroatoms. The molecule has 1 heterocycles. The first-order valence-corrected chi connectivity index (χ1v) is 5.05. The predicted molar refractivity (Wildman–Crippen MR) is 56.2 cm³/mol. The highest BCUT2D eigenvalue weighted by Gasteiger charge is 2.28. The second-order valence-corrected chi connectivity index (χ2v) is 3.99. The molecule has 0 amide bonds. The van der Waals surface area contributed by atoms with E-state index in [4.69, 9.17) is 16.9 Å². The molecular weight excluding hydrogens is 196 g/mol. The Balaban J connectivity index is 2.27. The molecule has 0 radical (unpaired) electrons. The third kappa shape index (κ3) is 1.75. The Labute approximate surface area is 88.5 Å². The Morgan fingerprint density at radius 3 is 3.00 bits per heavy atom. The minimum atomic E-state index is 0.0773. The molecule has 1 N–H and O–H groups in total. The fourth-order valence-electron chi connectivity index (χ4n) is 1.90. The van der Waals surface area contributed by atoms with Crippen LogP contribution in [0.5, 0.6) is 0 Å². The molecule has 1 fully saturated rings. The average Bonchev–Trinajstić information content (AvgIpc) is 2.65. The second kappa shape index (κ2) is 4.00. The van der Waals surface area contributed by atoms with E-state index >= 15 is 0 Å². The minimum Gasteiger partial charge on any atom is -0.315 e. The summed E-state index contributed by atoms with van der Waals surface area (Å²) >= 11 is 5.91. The fourth-order valence-corrected chi connectivity index (χ4v) is 2.10. The van der Waals surface area contributed by atoms with Gasteiger partial charge in [0, 0.05) is 24.0 Å². The first-order valence-electron chi connectivity index (χ1n) is 4.67. The quantitative estimate of drug-likeness (QED) is 0.765. The maximum Gasteiger partial charge on any atom is 0.0676 e. The molecule has 1 aromatic carbocycles. The van der Waals surface area contributed by atoms with Crippen molar-refractivity contribution in [2.75, 3.05) is 13.1 Å². The monoisotopic (exact) mass is 206 g/mol. The second-order valence-electron chi connectivity index (χ2n) is 3.56. The number of nitrogens with one attached hydrogen (secondary N) is 1. The molecule has 0 aromatic heterocycles. The Kier molecular flexibility index (Phi) is 2.72. The lowest BCUT2D eigenvalue weighted by molar-refractivity contribution is 0.646. The molecule has 1 aliphatic rings. The number of benzene rings is 1. The number of halogens is 1. The average molecular weight is 207 g/mol. The molecular formula is C11H11ClN2.